The Morgan fingerprint density at radius 3 is 2.73 bits per heavy atom. The lowest BCUT2D eigenvalue weighted by Gasteiger charge is -2.14. The first kappa shape index (κ1) is 15.5. The molecule has 1 aliphatic carbocycles. The molecule has 0 radical (unpaired) electrons. The lowest BCUT2D eigenvalue weighted by molar-refractivity contribution is -0.117. The zero-order valence-electron chi connectivity index (χ0n) is 12.9. The average molecular weight is 322 g/mol. The number of aryl methyl sites for hydroxylation is 1. The van der Waals surface area contributed by atoms with E-state index >= 15 is 0 Å². The largest absolute Gasteiger partial charge is 0.462 e. The molecular formula is C16H22N2O3S. The van der Waals surface area contributed by atoms with Crippen LogP contribution >= 0.6 is 11.3 Å². The fraction of sp³-hybridized carbons (Fsp3) is 0.625. The Morgan fingerprint density at radius 1 is 1.23 bits per heavy atom. The summed E-state index contributed by atoms with van der Waals surface area (Å²) >= 11 is 1.54. The summed E-state index contributed by atoms with van der Waals surface area (Å²) in [4.78, 5) is 27.8. The summed E-state index contributed by atoms with van der Waals surface area (Å²) in [7, 11) is 0. The first-order chi connectivity index (χ1) is 10.7. The molecule has 6 heteroatoms. The van der Waals surface area contributed by atoms with Gasteiger partial charge in [-0.15, -0.1) is 11.3 Å². The van der Waals surface area contributed by atoms with Crippen LogP contribution in [0.3, 0.4) is 0 Å². The fourth-order valence-electron chi connectivity index (χ4n) is 3.22. The van der Waals surface area contributed by atoms with E-state index < -0.39 is 0 Å². The van der Waals surface area contributed by atoms with Crippen LogP contribution < -0.4 is 5.32 Å². The molecule has 1 N–H and O–H groups in total. The number of anilines is 1. The highest BCUT2D eigenvalue weighted by Crippen LogP contribution is 2.39. The molecule has 0 unspecified atom stereocenters. The van der Waals surface area contributed by atoms with Gasteiger partial charge in [0.1, 0.15) is 5.00 Å². The SMILES string of the molecule is CCOC(=O)c1c(NC(=O)CN2CCCC2)sc2c1CCC2. The second-order valence-electron chi connectivity index (χ2n) is 5.81. The molecule has 2 heterocycles. The number of hydrogen-bond acceptors (Lipinski definition) is 5. The predicted octanol–water partition coefficient (Wildman–Crippen LogP) is 2.45. The third-order valence-corrected chi connectivity index (χ3v) is 5.43. The number of carbonyl (C=O) groups excluding carboxylic acids is 2. The number of amides is 1. The Bertz CT molecular complexity index is 576. The first-order valence-corrected chi connectivity index (χ1v) is 8.84. The summed E-state index contributed by atoms with van der Waals surface area (Å²) in [6.45, 7) is 4.53. The molecule has 2 aliphatic rings. The number of nitrogens with zero attached hydrogens (tertiary/aromatic N) is 1. The van der Waals surface area contributed by atoms with Crippen molar-refractivity contribution in [2.45, 2.75) is 39.0 Å². The summed E-state index contributed by atoms with van der Waals surface area (Å²) in [6, 6.07) is 0. The predicted molar refractivity (Wildman–Crippen MR) is 86.6 cm³/mol. The lowest BCUT2D eigenvalue weighted by Crippen LogP contribution is -2.31. The van der Waals surface area contributed by atoms with Crippen LogP contribution in [-0.2, 0) is 22.4 Å². The van der Waals surface area contributed by atoms with E-state index in [9.17, 15) is 9.59 Å². The minimum atomic E-state index is -0.307. The summed E-state index contributed by atoms with van der Waals surface area (Å²) in [5, 5.41) is 3.62. The molecule has 5 nitrogen and oxygen atoms in total. The highest BCUT2D eigenvalue weighted by molar-refractivity contribution is 7.17. The normalized spacial score (nSPS) is 17.5. The van der Waals surface area contributed by atoms with Crippen molar-refractivity contribution in [3.63, 3.8) is 0 Å². The molecule has 0 saturated carbocycles. The summed E-state index contributed by atoms with van der Waals surface area (Å²) in [6.07, 6.45) is 5.30. The Labute approximate surface area is 134 Å². The van der Waals surface area contributed by atoms with Crippen molar-refractivity contribution in [2.24, 2.45) is 0 Å². The zero-order chi connectivity index (χ0) is 15.5. The van der Waals surface area contributed by atoms with E-state index in [1.54, 1.807) is 6.92 Å². The highest BCUT2D eigenvalue weighted by atomic mass is 32.1. The minimum absolute atomic E-state index is 0.0348. The monoisotopic (exact) mass is 322 g/mol. The Morgan fingerprint density at radius 2 is 2.00 bits per heavy atom. The molecule has 0 spiro atoms. The van der Waals surface area contributed by atoms with E-state index in [2.05, 4.69) is 10.2 Å². The van der Waals surface area contributed by atoms with Crippen molar-refractivity contribution < 1.29 is 14.3 Å². The average Bonchev–Trinajstić information content (AvgIpc) is 3.15. The van der Waals surface area contributed by atoms with Gasteiger partial charge in [0.15, 0.2) is 0 Å². The number of hydrogen-bond donors (Lipinski definition) is 1. The molecule has 1 amide bonds. The van der Waals surface area contributed by atoms with Crippen molar-refractivity contribution in [1.29, 1.82) is 0 Å². The van der Waals surface area contributed by atoms with Crippen LogP contribution in [0.5, 0.6) is 0 Å². The molecule has 1 fully saturated rings. The van der Waals surface area contributed by atoms with Crippen LogP contribution in [0.15, 0.2) is 0 Å². The van der Waals surface area contributed by atoms with Gasteiger partial charge in [-0.25, -0.2) is 4.79 Å². The van der Waals surface area contributed by atoms with Crippen LogP contribution in [-0.4, -0.2) is 43.0 Å². The number of ether oxygens (including phenoxy) is 1. The number of rotatable bonds is 5. The maximum Gasteiger partial charge on any atom is 0.341 e. The molecule has 3 rings (SSSR count). The molecule has 0 bridgehead atoms. The second-order valence-corrected chi connectivity index (χ2v) is 6.92. The van der Waals surface area contributed by atoms with Crippen molar-refractivity contribution in [1.82, 2.24) is 4.90 Å². The van der Waals surface area contributed by atoms with Gasteiger partial charge in [-0.05, 0) is 57.7 Å². The van der Waals surface area contributed by atoms with Gasteiger partial charge in [0.25, 0.3) is 0 Å². The summed E-state index contributed by atoms with van der Waals surface area (Å²) in [5.41, 5.74) is 1.68. The summed E-state index contributed by atoms with van der Waals surface area (Å²) in [5.74, 6) is -0.342. The van der Waals surface area contributed by atoms with E-state index in [4.69, 9.17) is 4.74 Å². The van der Waals surface area contributed by atoms with Crippen LogP contribution in [0.25, 0.3) is 0 Å². The molecule has 1 saturated heterocycles. The van der Waals surface area contributed by atoms with E-state index in [-0.39, 0.29) is 11.9 Å². The van der Waals surface area contributed by atoms with E-state index in [1.807, 2.05) is 0 Å². The number of fused-ring (bicyclic) bond motifs is 1. The molecule has 120 valence electrons. The molecular weight excluding hydrogens is 300 g/mol. The van der Waals surface area contributed by atoms with Gasteiger partial charge in [0.2, 0.25) is 5.91 Å². The zero-order valence-corrected chi connectivity index (χ0v) is 13.8. The van der Waals surface area contributed by atoms with Crippen molar-refractivity contribution in [2.75, 3.05) is 31.6 Å². The smallest absolute Gasteiger partial charge is 0.341 e. The van der Waals surface area contributed by atoms with Gasteiger partial charge in [-0.1, -0.05) is 0 Å². The number of likely N-dealkylation sites (tertiary alicyclic amines) is 1. The second kappa shape index (κ2) is 6.79. The molecule has 1 aliphatic heterocycles. The van der Waals surface area contributed by atoms with Crippen LogP contribution in [0.4, 0.5) is 5.00 Å². The van der Waals surface area contributed by atoms with Gasteiger partial charge >= 0.3 is 5.97 Å². The lowest BCUT2D eigenvalue weighted by atomic mass is 10.1. The van der Waals surface area contributed by atoms with Gasteiger partial charge in [0, 0.05) is 4.88 Å². The van der Waals surface area contributed by atoms with E-state index in [1.165, 1.54) is 16.2 Å². The maximum atomic E-state index is 12.2. The maximum absolute atomic E-state index is 12.2. The molecule has 22 heavy (non-hydrogen) atoms. The van der Waals surface area contributed by atoms with Gasteiger partial charge in [0.05, 0.1) is 18.7 Å². The Hall–Kier alpha value is -1.40. The van der Waals surface area contributed by atoms with E-state index in [0.717, 1.165) is 50.8 Å². The van der Waals surface area contributed by atoms with Crippen molar-refractivity contribution in [3.8, 4) is 0 Å². The van der Waals surface area contributed by atoms with Crippen LogP contribution in [0.1, 0.15) is 47.0 Å². The highest BCUT2D eigenvalue weighted by Gasteiger charge is 2.28. The molecule has 0 aromatic carbocycles. The summed E-state index contributed by atoms with van der Waals surface area (Å²) < 4.78 is 5.17. The van der Waals surface area contributed by atoms with Gasteiger partial charge in [-0.3, -0.25) is 9.69 Å². The number of esters is 1. The third-order valence-electron chi connectivity index (χ3n) is 4.22. The standard InChI is InChI=1S/C16H22N2O3S/c1-2-21-16(20)14-11-6-5-7-12(11)22-15(14)17-13(19)10-18-8-3-4-9-18/h2-10H2,1H3,(H,17,19). The molecule has 0 atom stereocenters. The topological polar surface area (TPSA) is 58.6 Å². The van der Waals surface area contributed by atoms with Gasteiger partial charge in [-0.2, -0.15) is 0 Å². The number of carbonyl (C=O) groups is 2. The Balaban J connectivity index is 1.75. The quantitative estimate of drug-likeness (QED) is 0.846. The number of nitrogens with one attached hydrogen (secondary N) is 1. The van der Waals surface area contributed by atoms with E-state index in [0.29, 0.717) is 23.7 Å². The third kappa shape index (κ3) is 3.17. The Kier molecular flexibility index (Phi) is 4.78. The van der Waals surface area contributed by atoms with Crippen molar-refractivity contribution in [3.05, 3.63) is 16.0 Å². The van der Waals surface area contributed by atoms with Crippen LogP contribution in [0, 0.1) is 0 Å². The van der Waals surface area contributed by atoms with Crippen molar-refractivity contribution >= 4 is 28.2 Å². The van der Waals surface area contributed by atoms with Crippen LogP contribution in [0.2, 0.25) is 0 Å². The number of thiophene rings is 1. The molecule has 1 aromatic heterocycles. The van der Waals surface area contributed by atoms with Gasteiger partial charge < -0.3 is 10.1 Å². The fourth-order valence-corrected chi connectivity index (χ4v) is 4.52. The molecule has 1 aromatic rings. The minimum Gasteiger partial charge on any atom is -0.462 e. The first-order valence-electron chi connectivity index (χ1n) is 8.03.